The molecule has 0 spiro atoms. The number of hydrogen-bond donors (Lipinski definition) is 4. The van der Waals surface area contributed by atoms with E-state index in [2.05, 4.69) is 0 Å². The van der Waals surface area contributed by atoms with Gasteiger partial charge in [-0.3, -0.25) is 0 Å². The third-order valence-electron chi connectivity index (χ3n) is 4.74. The summed E-state index contributed by atoms with van der Waals surface area (Å²) in [6, 6.07) is 9.76. The van der Waals surface area contributed by atoms with Gasteiger partial charge in [-0.1, -0.05) is 12.1 Å². The number of aryl methyl sites for hydroxylation is 1. The van der Waals surface area contributed by atoms with Crippen molar-refractivity contribution in [2.24, 2.45) is 0 Å². The number of aliphatic hydroxyl groups is 4. The van der Waals surface area contributed by atoms with Crippen LogP contribution in [0.15, 0.2) is 30.3 Å². The molecule has 26 heavy (non-hydrogen) atoms. The molecule has 0 amide bonds. The average Bonchev–Trinajstić information content (AvgIpc) is 3.01. The SMILES string of the molecule is COc1ccc(Cc2sc([C@@H]3O[C@H](CO)[C@@H](O)[C@H](O)[C@H]3O)cc2C)cc1. The van der Waals surface area contributed by atoms with Crippen molar-refractivity contribution in [2.75, 3.05) is 13.7 Å². The van der Waals surface area contributed by atoms with Crippen LogP contribution in [0.2, 0.25) is 0 Å². The summed E-state index contributed by atoms with van der Waals surface area (Å²) in [5.74, 6) is 0.804. The van der Waals surface area contributed by atoms with Gasteiger partial charge in [-0.05, 0) is 36.2 Å². The van der Waals surface area contributed by atoms with Gasteiger partial charge in [-0.2, -0.15) is 0 Å². The number of methoxy groups -OCH3 is 1. The quantitative estimate of drug-likeness (QED) is 0.622. The summed E-state index contributed by atoms with van der Waals surface area (Å²) < 4.78 is 10.8. The van der Waals surface area contributed by atoms with Crippen LogP contribution in [0.4, 0.5) is 0 Å². The van der Waals surface area contributed by atoms with E-state index in [-0.39, 0.29) is 0 Å². The van der Waals surface area contributed by atoms with Gasteiger partial charge in [0.25, 0.3) is 0 Å². The van der Waals surface area contributed by atoms with Crippen molar-refractivity contribution < 1.29 is 29.9 Å². The van der Waals surface area contributed by atoms with Gasteiger partial charge in [0, 0.05) is 16.2 Å². The Morgan fingerprint density at radius 3 is 2.38 bits per heavy atom. The topological polar surface area (TPSA) is 99.4 Å². The highest BCUT2D eigenvalue weighted by molar-refractivity contribution is 7.12. The Hall–Kier alpha value is -1.48. The van der Waals surface area contributed by atoms with Crippen LogP contribution in [0.3, 0.4) is 0 Å². The van der Waals surface area contributed by atoms with E-state index < -0.39 is 37.1 Å². The van der Waals surface area contributed by atoms with E-state index in [9.17, 15) is 20.4 Å². The van der Waals surface area contributed by atoms with Gasteiger partial charge < -0.3 is 29.9 Å². The van der Waals surface area contributed by atoms with Gasteiger partial charge in [-0.15, -0.1) is 11.3 Å². The summed E-state index contributed by atoms with van der Waals surface area (Å²) in [4.78, 5) is 1.89. The molecule has 5 atom stereocenters. The Labute approximate surface area is 156 Å². The van der Waals surface area contributed by atoms with Crippen LogP contribution in [0.25, 0.3) is 0 Å². The fourth-order valence-electron chi connectivity index (χ4n) is 3.13. The molecule has 2 heterocycles. The maximum atomic E-state index is 10.3. The van der Waals surface area contributed by atoms with Crippen molar-refractivity contribution in [3.8, 4) is 5.75 Å². The lowest BCUT2D eigenvalue weighted by atomic mass is 9.94. The first-order chi connectivity index (χ1) is 12.4. The molecule has 7 heteroatoms. The smallest absolute Gasteiger partial charge is 0.121 e. The summed E-state index contributed by atoms with van der Waals surface area (Å²) in [6.07, 6.45) is -4.90. The first-order valence-corrected chi connectivity index (χ1v) is 9.29. The van der Waals surface area contributed by atoms with Gasteiger partial charge >= 0.3 is 0 Å². The molecule has 0 bridgehead atoms. The minimum Gasteiger partial charge on any atom is -0.497 e. The third-order valence-corrected chi connectivity index (χ3v) is 6.03. The van der Waals surface area contributed by atoms with Crippen LogP contribution < -0.4 is 4.74 Å². The predicted octanol–water partition coefficient (Wildman–Crippen LogP) is 1.17. The van der Waals surface area contributed by atoms with Crippen molar-refractivity contribution in [3.63, 3.8) is 0 Å². The van der Waals surface area contributed by atoms with Crippen LogP contribution in [0, 0.1) is 6.92 Å². The van der Waals surface area contributed by atoms with E-state index in [4.69, 9.17) is 9.47 Å². The van der Waals surface area contributed by atoms with Gasteiger partial charge in [-0.25, -0.2) is 0 Å². The predicted molar refractivity (Wildman–Crippen MR) is 97.6 cm³/mol. The molecule has 142 valence electrons. The molecule has 2 aromatic rings. The molecule has 6 nitrogen and oxygen atoms in total. The average molecular weight is 380 g/mol. The van der Waals surface area contributed by atoms with Crippen molar-refractivity contribution in [2.45, 2.75) is 43.9 Å². The highest BCUT2D eigenvalue weighted by atomic mass is 32.1. The lowest BCUT2D eigenvalue weighted by molar-refractivity contribution is -0.230. The second kappa shape index (κ2) is 8.04. The summed E-state index contributed by atoms with van der Waals surface area (Å²) in [5.41, 5.74) is 2.20. The van der Waals surface area contributed by atoms with E-state index in [0.717, 1.165) is 33.1 Å². The van der Waals surface area contributed by atoms with Crippen molar-refractivity contribution in [3.05, 3.63) is 51.2 Å². The zero-order valence-corrected chi connectivity index (χ0v) is 15.5. The molecule has 1 saturated heterocycles. The molecule has 0 unspecified atom stereocenters. The minimum atomic E-state index is -1.36. The van der Waals surface area contributed by atoms with Crippen LogP contribution in [0.1, 0.15) is 27.0 Å². The van der Waals surface area contributed by atoms with Gasteiger partial charge in [0.2, 0.25) is 0 Å². The Bertz CT molecular complexity index is 726. The standard InChI is InChI=1S/C19H24O6S/c1-10-7-15(19-18(23)17(22)16(21)13(9-20)25-19)26-14(10)8-11-3-5-12(24-2)6-4-11/h3-7,13,16-23H,8-9H2,1-2H3/t13-,16-,17+,18-,19+/m1/s1. The Kier molecular flexibility index (Phi) is 5.96. The van der Waals surface area contributed by atoms with E-state index in [1.807, 2.05) is 37.3 Å². The molecule has 0 radical (unpaired) electrons. The Morgan fingerprint density at radius 1 is 1.08 bits per heavy atom. The summed E-state index contributed by atoms with van der Waals surface area (Å²) in [6.45, 7) is 1.56. The number of thiophene rings is 1. The van der Waals surface area contributed by atoms with Crippen molar-refractivity contribution in [1.82, 2.24) is 0 Å². The largest absolute Gasteiger partial charge is 0.497 e. The van der Waals surface area contributed by atoms with Gasteiger partial charge in [0.15, 0.2) is 0 Å². The van der Waals surface area contributed by atoms with E-state index in [0.29, 0.717) is 0 Å². The monoisotopic (exact) mass is 380 g/mol. The number of ether oxygens (including phenoxy) is 2. The number of hydrogen-bond acceptors (Lipinski definition) is 7. The molecule has 3 rings (SSSR count). The molecule has 1 aromatic carbocycles. The molecule has 4 N–H and O–H groups in total. The third kappa shape index (κ3) is 3.78. The number of benzene rings is 1. The molecule has 0 saturated carbocycles. The second-order valence-electron chi connectivity index (χ2n) is 6.53. The first-order valence-electron chi connectivity index (χ1n) is 8.47. The molecule has 1 aliphatic heterocycles. The summed E-state index contributed by atoms with van der Waals surface area (Å²) in [5, 5.41) is 39.6. The molecule has 1 aliphatic rings. The highest BCUT2D eigenvalue weighted by Crippen LogP contribution is 2.38. The first kappa shape index (κ1) is 19.3. The fourth-order valence-corrected chi connectivity index (χ4v) is 4.42. The minimum absolute atomic E-state index is 0.426. The number of rotatable bonds is 5. The van der Waals surface area contributed by atoms with Crippen LogP contribution in [0.5, 0.6) is 5.75 Å². The zero-order chi connectivity index (χ0) is 18.8. The van der Waals surface area contributed by atoms with Crippen LogP contribution in [-0.4, -0.2) is 58.6 Å². The number of aliphatic hydroxyl groups excluding tert-OH is 4. The van der Waals surface area contributed by atoms with Crippen LogP contribution >= 0.6 is 11.3 Å². The molecular formula is C19H24O6S. The molecule has 0 aliphatic carbocycles. The molecular weight excluding hydrogens is 356 g/mol. The van der Waals surface area contributed by atoms with E-state index >= 15 is 0 Å². The van der Waals surface area contributed by atoms with Crippen LogP contribution in [-0.2, 0) is 11.2 Å². The zero-order valence-electron chi connectivity index (χ0n) is 14.7. The van der Waals surface area contributed by atoms with E-state index in [1.165, 1.54) is 11.3 Å². The maximum absolute atomic E-state index is 10.3. The lowest BCUT2D eigenvalue weighted by Gasteiger charge is -2.39. The summed E-state index contributed by atoms with van der Waals surface area (Å²) in [7, 11) is 1.63. The van der Waals surface area contributed by atoms with Gasteiger partial charge in [0.05, 0.1) is 13.7 Å². The normalized spacial score (nSPS) is 28.9. The van der Waals surface area contributed by atoms with Gasteiger partial charge in [0.1, 0.15) is 36.3 Å². The highest BCUT2D eigenvalue weighted by Gasteiger charge is 2.44. The Morgan fingerprint density at radius 2 is 1.77 bits per heavy atom. The second-order valence-corrected chi connectivity index (χ2v) is 7.70. The molecule has 1 fully saturated rings. The van der Waals surface area contributed by atoms with Crippen molar-refractivity contribution in [1.29, 1.82) is 0 Å². The Balaban J connectivity index is 1.80. The molecule has 1 aromatic heterocycles. The van der Waals surface area contributed by atoms with E-state index in [1.54, 1.807) is 7.11 Å². The summed E-state index contributed by atoms with van der Waals surface area (Å²) >= 11 is 1.50. The van der Waals surface area contributed by atoms with Crippen molar-refractivity contribution >= 4 is 11.3 Å². The lowest BCUT2D eigenvalue weighted by Crippen LogP contribution is -2.55. The maximum Gasteiger partial charge on any atom is 0.121 e. The fraction of sp³-hybridized carbons (Fsp3) is 0.474.